The van der Waals surface area contributed by atoms with Crippen molar-refractivity contribution in [2.24, 2.45) is 0 Å². The zero-order valence-corrected chi connectivity index (χ0v) is 6.29. The molecule has 56 valence electrons. The SMILES string of the molecule is [CH-]=C1C=CC=CC1=[O+]C1CC1. The largest absolute Gasteiger partial charge is 0.311 e. The third-order valence-corrected chi connectivity index (χ3v) is 1.74. The molecular weight excluding hydrogens is 136 g/mol. The second kappa shape index (κ2) is 2.50. The van der Waals surface area contributed by atoms with Crippen LogP contribution in [0.2, 0.25) is 0 Å². The highest BCUT2D eigenvalue weighted by Crippen LogP contribution is 2.21. The smallest absolute Gasteiger partial charge is 0.258 e. The minimum atomic E-state index is 0.430. The van der Waals surface area contributed by atoms with Gasteiger partial charge in [-0.15, -0.1) is 6.08 Å². The molecule has 0 aromatic carbocycles. The molecule has 1 fully saturated rings. The zero-order chi connectivity index (χ0) is 7.68. The van der Waals surface area contributed by atoms with Gasteiger partial charge in [-0.05, 0) is 6.08 Å². The second-order valence-corrected chi connectivity index (χ2v) is 2.86. The number of ketones is 1. The van der Waals surface area contributed by atoms with E-state index in [0.717, 1.165) is 11.4 Å². The van der Waals surface area contributed by atoms with E-state index >= 15 is 0 Å². The van der Waals surface area contributed by atoms with Crippen molar-refractivity contribution in [2.45, 2.75) is 18.9 Å². The summed E-state index contributed by atoms with van der Waals surface area (Å²) in [5.41, 5.74) is 0.736. The van der Waals surface area contributed by atoms with Gasteiger partial charge in [0.25, 0.3) is 6.10 Å². The van der Waals surface area contributed by atoms with Crippen LogP contribution in [0.1, 0.15) is 12.8 Å². The minimum absolute atomic E-state index is 0.430. The van der Waals surface area contributed by atoms with Crippen LogP contribution < -0.4 is 0 Å². The Balaban J connectivity index is 2.18. The van der Waals surface area contributed by atoms with Crippen molar-refractivity contribution < 1.29 is 4.42 Å². The van der Waals surface area contributed by atoms with Gasteiger partial charge in [-0.3, -0.25) is 0 Å². The minimum Gasteiger partial charge on any atom is -0.311 e. The number of hydrogen-bond donors (Lipinski definition) is 0. The molecule has 0 N–H and O–H groups in total. The first-order valence-corrected chi connectivity index (χ1v) is 3.87. The topological polar surface area (TPSA) is 11.3 Å². The molecule has 0 amide bonds. The standard InChI is InChI=1S/C10H10O/c1-8-4-2-3-5-10(8)11-9-6-7-9/h1-5,9H,6-7H2. The van der Waals surface area contributed by atoms with Crippen molar-refractivity contribution in [3.05, 3.63) is 36.5 Å². The van der Waals surface area contributed by atoms with Gasteiger partial charge in [0, 0.05) is 12.8 Å². The van der Waals surface area contributed by atoms with Gasteiger partial charge in [0.2, 0.25) is 5.78 Å². The van der Waals surface area contributed by atoms with E-state index in [2.05, 4.69) is 0 Å². The van der Waals surface area contributed by atoms with Gasteiger partial charge in [-0.25, -0.2) is 6.58 Å². The van der Waals surface area contributed by atoms with Crippen molar-refractivity contribution in [1.29, 1.82) is 0 Å². The van der Waals surface area contributed by atoms with Crippen LogP contribution in [0.4, 0.5) is 0 Å². The Morgan fingerprint density at radius 2 is 2.00 bits per heavy atom. The van der Waals surface area contributed by atoms with E-state index in [1.165, 1.54) is 12.8 Å². The molecule has 11 heavy (non-hydrogen) atoms. The molecule has 0 aliphatic heterocycles. The molecule has 2 rings (SSSR count). The van der Waals surface area contributed by atoms with Gasteiger partial charge in [-0.2, -0.15) is 6.08 Å². The lowest BCUT2D eigenvalue weighted by Gasteiger charge is -2.02. The summed E-state index contributed by atoms with van der Waals surface area (Å²) in [6.07, 6.45) is 10.4. The average Bonchev–Trinajstić information content (AvgIpc) is 2.78. The fourth-order valence-electron chi connectivity index (χ4n) is 0.953. The van der Waals surface area contributed by atoms with E-state index in [4.69, 9.17) is 11.0 Å². The highest BCUT2D eigenvalue weighted by atomic mass is 16.4. The van der Waals surface area contributed by atoms with E-state index in [1.54, 1.807) is 0 Å². The van der Waals surface area contributed by atoms with Crippen LogP contribution in [0, 0.1) is 6.58 Å². The van der Waals surface area contributed by atoms with Crippen molar-refractivity contribution >= 4 is 5.78 Å². The lowest BCUT2D eigenvalue weighted by atomic mass is 10.1. The molecule has 0 unspecified atom stereocenters. The first kappa shape index (κ1) is 6.59. The summed E-state index contributed by atoms with van der Waals surface area (Å²) < 4.78 is 5.53. The molecule has 0 spiro atoms. The summed E-state index contributed by atoms with van der Waals surface area (Å²) in [7, 11) is 0. The number of carbonyl (C=O) groups excluding carboxylic acids is 1. The van der Waals surface area contributed by atoms with Crippen molar-refractivity contribution in [3.8, 4) is 0 Å². The van der Waals surface area contributed by atoms with Crippen LogP contribution in [0.3, 0.4) is 0 Å². The highest BCUT2D eigenvalue weighted by molar-refractivity contribution is 6.06. The molecule has 1 nitrogen and oxygen atoms in total. The Kier molecular flexibility index (Phi) is 1.50. The maximum Gasteiger partial charge on any atom is 0.258 e. The predicted octanol–water partition coefficient (Wildman–Crippen LogP) is 1.74. The first-order chi connectivity index (χ1) is 5.36. The van der Waals surface area contributed by atoms with Crippen LogP contribution in [0.5, 0.6) is 0 Å². The van der Waals surface area contributed by atoms with Crippen LogP contribution in [0.25, 0.3) is 0 Å². The first-order valence-electron chi connectivity index (χ1n) is 3.87. The maximum atomic E-state index is 5.67. The third kappa shape index (κ3) is 1.48. The molecule has 2 aliphatic rings. The zero-order valence-electron chi connectivity index (χ0n) is 6.29. The molecule has 0 aromatic rings. The summed E-state index contributed by atoms with van der Waals surface area (Å²) in [5.74, 6) is 0.829. The summed E-state index contributed by atoms with van der Waals surface area (Å²) in [6.45, 7) is 5.67. The molecule has 0 heterocycles. The Hall–Kier alpha value is -1.11. The predicted molar refractivity (Wildman–Crippen MR) is 44.1 cm³/mol. The van der Waals surface area contributed by atoms with Crippen LogP contribution in [-0.2, 0) is 4.42 Å². The normalized spacial score (nSPS) is 26.5. The molecule has 0 bridgehead atoms. The quantitative estimate of drug-likeness (QED) is 0.303. The van der Waals surface area contributed by atoms with Gasteiger partial charge < -0.3 is 4.42 Å². The fourth-order valence-corrected chi connectivity index (χ4v) is 0.953. The third-order valence-electron chi connectivity index (χ3n) is 1.74. The van der Waals surface area contributed by atoms with Crippen molar-refractivity contribution in [2.75, 3.05) is 0 Å². The van der Waals surface area contributed by atoms with Crippen LogP contribution in [-0.4, -0.2) is 11.9 Å². The van der Waals surface area contributed by atoms with E-state index in [1.807, 2.05) is 24.3 Å². The molecular formula is C10H10O. The molecule has 1 saturated carbocycles. The number of hydrogen-bond acceptors (Lipinski definition) is 0. The van der Waals surface area contributed by atoms with Gasteiger partial charge in [0.1, 0.15) is 0 Å². The molecule has 1 heteroatoms. The molecule has 0 radical (unpaired) electrons. The lowest BCUT2D eigenvalue weighted by molar-refractivity contribution is -0.471. The molecule has 0 saturated heterocycles. The Labute approximate surface area is 66.4 Å². The van der Waals surface area contributed by atoms with Gasteiger partial charge in [0.15, 0.2) is 0 Å². The monoisotopic (exact) mass is 146 g/mol. The summed E-state index contributed by atoms with van der Waals surface area (Å²) >= 11 is 0. The molecule has 0 aromatic heterocycles. The number of rotatable bonds is 1. The van der Waals surface area contributed by atoms with Gasteiger partial charge in [0.05, 0.1) is 0 Å². The van der Waals surface area contributed by atoms with Crippen molar-refractivity contribution in [1.82, 2.24) is 0 Å². The second-order valence-electron chi connectivity index (χ2n) is 2.86. The lowest BCUT2D eigenvalue weighted by Crippen LogP contribution is -2.03. The van der Waals surface area contributed by atoms with Crippen LogP contribution in [0.15, 0.2) is 29.9 Å². The summed E-state index contributed by atoms with van der Waals surface area (Å²) in [4.78, 5) is 0. The summed E-state index contributed by atoms with van der Waals surface area (Å²) in [6, 6.07) is 0. The van der Waals surface area contributed by atoms with E-state index < -0.39 is 0 Å². The van der Waals surface area contributed by atoms with E-state index in [-0.39, 0.29) is 0 Å². The van der Waals surface area contributed by atoms with E-state index in [0.29, 0.717) is 6.10 Å². The Bertz CT molecular complexity index is 265. The fraction of sp³-hybridized carbons (Fsp3) is 0.300. The molecule has 2 aliphatic carbocycles. The maximum absolute atomic E-state index is 5.67. The number of allylic oxidation sites excluding steroid dienone is 5. The Morgan fingerprint density at radius 1 is 1.27 bits per heavy atom. The van der Waals surface area contributed by atoms with Crippen molar-refractivity contribution in [3.63, 3.8) is 0 Å². The summed E-state index contributed by atoms with van der Waals surface area (Å²) in [5, 5.41) is 0. The Morgan fingerprint density at radius 3 is 2.64 bits per heavy atom. The van der Waals surface area contributed by atoms with Gasteiger partial charge in [-0.1, -0.05) is 11.6 Å². The molecule has 0 atom stereocenters. The van der Waals surface area contributed by atoms with Crippen LogP contribution >= 0.6 is 0 Å². The van der Waals surface area contributed by atoms with Gasteiger partial charge >= 0.3 is 0 Å². The average molecular weight is 146 g/mol. The van der Waals surface area contributed by atoms with E-state index in [9.17, 15) is 0 Å². The highest BCUT2D eigenvalue weighted by Gasteiger charge is 2.31.